The number of rotatable bonds is 6. The molecule has 1 heterocycles. The predicted molar refractivity (Wildman–Crippen MR) is 75.7 cm³/mol. The van der Waals surface area contributed by atoms with Crippen molar-refractivity contribution in [2.45, 2.75) is 6.10 Å². The fourth-order valence-electron chi connectivity index (χ4n) is 1.66. The number of aromatic nitrogens is 2. The predicted octanol–water partition coefficient (Wildman–Crippen LogP) is 2.59. The maximum absolute atomic E-state index is 10.8. The van der Waals surface area contributed by atoms with Crippen molar-refractivity contribution in [1.82, 2.24) is 9.97 Å². The number of carboxylic acid groups (broad SMARTS) is 1. The van der Waals surface area contributed by atoms with Crippen LogP contribution in [0.25, 0.3) is 0 Å². The molecule has 0 aliphatic heterocycles. The van der Waals surface area contributed by atoms with Crippen LogP contribution in [-0.4, -0.2) is 34.8 Å². The second-order valence-corrected chi connectivity index (χ2v) is 4.57. The fourth-order valence-corrected chi connectivity index (χ4v) is 1.79. The van der Waals surface area contributed by atoms with Crippen LogP contribution in [0, 0.1) is 0 Å². The van der Waals surface area contributed by atoms with Gasteiger partial charge < -0.3 is 14.6 Å². The molecule has 2 aromatic rings. The summed E-state index contributed by atoms with van der Waals surface area (Å²) in [5.74, 6) is -1.03. The highest BCUT2D eigenvalue weighted by atomic mass is 35.5. The Labute approximate surface area is 126 Å². The van der Waals surface area contributed by atoms with Crippen molar-refractivity contribution >= 4 is 17.6 Å². The molecule has 0 saturated carbocycles. The van der Waals surface area contributed by atoms with E-state index in [4.69, 9.17) is 26.2 Å². The molecule has 0 aliphatic rings. The van der Waals surface area contributed by atoms with Crippen molar-refractivity contribution in [3.8, 4) is 5.88 Å². The van der Waals surface area contributed by atoms with Crippen molar-refractivity contribution < 1.29 is 19.4 Å². The minimum absolute atomic E-state index is 0.130. The molecule has 0 saturated heterocycles. The van der Waals surface area contributed by atoms with E-state index in [2.05, 4.69) is 9.97 Å². The quantitative estimate of drug-likeness (QED) is 0.883. The SMILES string of the molecule is COC(COc1cncc(C(=O)O)n1)c1ccc(Cl)cc1. The Morgan fingerprint density at radius 1 is 1.33 bits per heavy atom. The van der Waals surface area contributed by atoms with Gasteiger partial charge in [-0.15, -0.1) is 0 Å². The van der Waals surface area contributed by atoms with Gasteiger partial charge in [-0.2, -0.15) is 0 Å². The molecule has 1 aromatic heterocycles. The van der Waals surface area contributed by atoms with Crippen molar-refractivity contribution in [2.24, 2.45) is 0 Å². The zero-order valence-electron chi connectivity index (χ0n) is 11.2. The van der Waals surface area contributed by atoms with Crippen LogP contribution in [0.5, 0.6) is 5.88 Å². The summed E-state index contributed by atoms with van der Waals surface area (Å²) in [6.45, 7) is 0.176. The summed E-state index contributed by atoms with van der Waals surface area (Å²) in [5, 5.41) is 9.48. The molecule has 1 atom stereocenters. The van der Waals surface area contributed by atoms with Gasteiger partial charge in [-0.25, -0.2) is 9.78 Å². The lowest BCUT2D eigenvalue weighted by Gasteiger charge is -2.16. The third-order valence-corrected chi connectivity index (χ3v) is 2.99. The number of halogens is 1. The van der Waals surface area contributed by atoms with Gasteiger partial charge in [0.05, 0.1) is 12.4 Å². The largest absolute Gasteiger partial charge is 0.476 e. The molecule has 7 heteroatoms. The Hall–Kier alpha value is -2.18. The zero-order chi connectivity index (χ0) is 15.2. The first-order chi connectivity index (χ1) is 10.1. The molecule has 0 amide bonds. The van der Waals surface area contributed by atoms with Crippen LogP contribution >= 0.6 is 11.6 Å². The van der Waals surface area contributed by atoms with Gasteiger partial charge in [0.15, 0.2) is 5.69 Å². The first-order valence-corrected chi connectivity index (χ1v) is 6.44. The summed E-state index contributed by atoms with van der Waals surface area (Å²) < 4.78 is 10.8. The lowest BCUT2D eigenvalue weighted by molar-refractivity contribution is 0.0553. The number of aromatic carboxylic acids is 1. The van der Waals surface area contributed by atoms with E-state index in [0.29, 0.717) is 5.02 Å². The van der Waals surface area contributed by atoms with Gasteiger partial charge in [-0.3, -0.25) is 4.98 Å². The van der Waals surface area contributed by atoms with Crippen LogP contribution in [0.15, 0.2) is 36.7 Å². The molecular formula is C14H13ClN2O4. The van der Waals surface area contributed by atoms with E-state index in [0.717, 1.165) is 11.8 Å². The van der Waals surface area contributed by atoms with Crippen LogP contribution < -0.4 is 4.74 Å². The van der Waals surface area contributed by atoms with Crippen molar-refractivity contribution in [3.63, 3.8) is 0 Å². The maximum atomic E-state index is 10.8. The molecule has 0 bridgehead atoms. The van der Waals surface area contributed by atoms with Crippen molar-refractivity contribution in [3.05, 3.63) is 52.9 Å². The average Bonchev–Trinajstić information content (AvgIpc) is 2.50. The normalized spacial score (nSPS) is 11.9. The zero-order valence-corrected chi connectivity index (χ0v) is 11.9. The van der Waals surface area contributed by atoms with Gasteiger partial charge >= 0.3 is 5.97 Å². The first kappa shape index (κ1) is 15.2. The smallest absolute Gasteiger partial charge is 0.356 e. The Kier molecular flexibility index (Phi) is 5.08. The Morgan fingerprint density at radius 2 is 2.05 bits per heavy atom. The van der Waals surface area contributed by atoms with Crippen molar-refractivity contribution in [1.29, 1.82) is 0 Å². The molecule has 0 aliphatic carbocycles. The molecule has 110 valence electrons. The molecule has 2 rings (SSSR count). The highest BCUT2D eigenvalue weighted by Gasteiger charge is 2.13. The summed E-state index contributed by atoms with van der Waals surface area (Å²) in [6.07, 6.45) is 2.18. The minimum atomic E-state index is -1.16. The number of benzene rings is 1. The monoisotopic (exact) mass is 308 g/mol. The maximum Gasteiger partial charge on any atom is 0.356 e. The first-order valence-electron chi connectivity index (χ1n) is 6.06. The lowest BCUT2D eigenvalue weighted by atomic mass is 10.1. The Bertz CT molecular complexity index is 619. The average molecular weight is 309 g/mol. The van der Waals surface area contributed by atoms with E-state index < -0.39 is 5.97 Å². The molecule has 1 aromatic carbocycles. The molecule has 0 radical (unpaired) electrons. The van der Waals surface area contributed by atoms with Crippen molar-refractivity contribution in [2.75, 3.05) is 13.7 Å². The van der Waals surface area contributed by atoms with E-state index in [9.17, 15) is 4.79 Å². The number of carboxylic acids is 1. The fraction of sp³-hybridized carbons (Fsp3) is 0.214. The number of hydrogen-bond donors (Lipinski definition) is 1. The summed E-state index contributed by atoms with van der Waals surface area (Å²) >= 11 is 5.83. The number of nitrogens with zero attached hydrogens (tertiary/aromatic N) is 2. The van der Waals surface area contributed by atoms with Gasteiger partial charge in [-0.1, -0.05) is 23.7 Å². The molecule has 1 unspecified atom stereocenters. The topological polar surface area (TPSA) is 81.5 Å². The molecule has 6 nitrogen and oxygen atoms in total. The third kappa shape index (κ3) is 4.14. The number of hydrogen-bond acceptors (Lipinski definition) is 5. The molecule has 1 N–H and O–H groups in total. The lowest BCUT2D eigenvalue weighted by Crippen LogP contribution is -2.13. The molecule has 0 fully saturated rings. The highest BCUT2D eigenvalue weighted by Crippen LogP contribution is 2.20. The van der Waals surface area contributed by atoms with Crippen LogP contribution in [-0.2, 0) is 4.74 Å². The van der Waals surface area contributed by atoms with Crippen LogP contribution in [0.1, 0.15) is 22.2 Å². The van der Waals surface area contributed by atoms with Crippen LogP contribution in [0.2, 0.25) is 5.02 Å². The van der Waals surface area contributed by atoms with Gasteiger partial charge in [0, 0.05) is 12.1 Å². The standard InChI is InChI=1S/C14H13ClN2O4/c1-20-12(9-2-4-10(15)5-3-9)8-21-13-7-16-6-11(17-13)14(18)19/h2-7,12H,8H2,1H3,(H,18,19). The van der Waals surface area contributed by atoms with E-state index in [1.54, 1.807) is 19.2 Å². The van der Waals surface area contributed by atoms with Crippen LogP contribution in [0.4, 0.5) is 0 Å². The summed E-state index contributed by atoms with van der Waals surface area (Å²) in [4.78, 5) is 18.4. The van der Waals surface area contributed by atoms with E-state index >= 15 is 0 Å². The number of methoxy groups -OCH3 is 1. The minimum Gasteiger partial charge on any atom is -0.476 e. The Balaban J connectivity index is 2.04. The van der Waals surface area contributed by atoms with E-state index in [-0.39, 0.29) is 24.3 Å². The summed E-state index contributed by atoms with van der Waals surface area (Å²) in [5.41, 5.74) is 0.720. The molecular weight excluding hydrogens is 296 g/mol. The molecule has 21 heavy (non-hydrogen) atoms. The highest BCUT2D eigenvalue weighted by molar-refractivity contribution is 6.30. The number of carbonyl (C=O) groups is 1. The van der Waals surface area contributed by atoms with Gasteiger partial charge in [-0.05, 0) is 17.7 Å². The van der Waals surface area contributed by atoms with Crippen LogP contribution in [0.3, 0.4) is 0 Å². The second-order valence-electron chi connectivity index (χ2n) is 4.13. The Morgan fingerprint density at radius 3 is 2.67 bits per heavy atom. The number of ether oxygens (including phenoxy) is 2. The summed E-state index contributed by atoms with van der Waals surface area (Å²) in [7, 11) is 1.56. The summed E-state index contributed by atoms with van der Waals surface area (Å²) in [6, 6.07) is 7.18. The van der Waals surface area contributed by atoms with Gasteiger partial charge in [0.25, 0.3) is 0 Å². The second kappa shape index (κ2) is 7.01. The van der Waals surface area contributed by atoms with Gasteiger partial charge in [0.2, 0.25) is 5.88 Å². The third-order valence-electron chi connectivity index (χ3n) is 2.74. The van der Waals surface area contributed by atoms with Gasteiger partial charge in [0.1, 0.15) is 12.7 Å². The molecule has 0 spiro atoms. The van der Waals surface area contributed by atoms with E-state index in [1.165, 1.54) is 6.20 Å². The van der Waals surface area contributed by atoms with E-state index in [1.807, 2.05) is 12.1 Å².